The van der Waals surface area contributed by atoms with Gasteiger partial charge in [-0.3, -0.25) is 0 Å². The lowest BCUT2D eigenvalue weighted by Gasteiger charge is -2.45. The Morgan fingerprint density at radius 3 is 1.76 bits per heavy atom. The summed E-state index contributed by atoms with van der Waals surface area (Å²) in [6, 6.07) is 17.2. The van der Waals surface area contributed by atoms with Gasteiger partial charge in [-0.15, -0.1) is 0 Å². The number of benzene rings is 2. The van der Waals surface area contributed by atoms with Crippen LogP contribution in [0.2, 0.25) is 0 Å². The van der Waals surface area contributed by atoms with E-state index >= 15 is 0 Å². The van der Waals surface area contributed by atoms with Gasteiger partial charge in [0, 0.05) is 13.2 Å². The van der Waals surface area contributed by atoms with Gasteiger partial charge < -0.3 is 24.4 Å². The first kappa shape index (κ1) is 28.0. The van der Waals surface area contributed by atoms with Crippen LogP contribution in [0.4, 0.5) is 0 Å². The van der Waals surface area contributed by atoms with Gasteiger partial charge in [0.2, 0.25) is 6.29 Å². The van der Waals surface area contributed by atoms with Gasteiger partial charge in [-0.2, -0.15) is 0 Å². The van der Waals surface area contributed by atoms with Crippen LogP contribution in [0, 0.1) is 5.92 Å². The van der Waals surface area contributed by atoms with Crippen molar-refractivity contribution < 1.29 is 29.2 Å². The Bertz CT molecular complexity index is 795. The largest absolute Gasteiger partial charge is 0.463 e. The molecule has 2 aromatic carbocycles. The van der Waals surface area contributed by atoms with Gasteiger partial charge in [-0.1, -0.05) is 93.8 Å². The minimum Gasteiger partial charge on any atom is -0.463 e. The molecule has 2 unspecified atom stereocenters. The van der Waals surface area contributed by atoms with Crippen molar-refractivity contribution in [1.82, 2.24) is 0 Å². The van der Waals surface area contributed by atoms with Crippen molar-refractivity contribution in [1.29, 1.82) is 0 Å². The molecule has 0 spiro atoms. The van der Waals surface area contributed by atoms with Gasteiger partial charge in [-0.05, 0) is 37.3 Å². The summed E-state index contributed by atoms with van der Waals surface area (Å²) in [7, 11) is 0. The summed E-state index contributed by atoms with van der Waals surface area (Å²) in [6.45, 7) is 8.10. The van der Waals surface area contributed by atoms with Gasteiger partial charge in [-0.25, -0.2) is 4.79 Å². The lowest BCUT2D eigenvalue weighted by atomic mass is 9.72. The van der Waals surface area contributed by atoms with Crippen molar-refractivity contribution in [2.75, 3.05) is 19.8 Å². The Hall–Kier alpha value is -2.25. The molecule has 2 atom stereocenters. The van der Waals surface area contributed by atoms with Crippen molar-refractivity contribution >= 4 is 5.97 Å². The normalized spacial score (nSPS) is 14.6. The Kier molecular flexibility index (Phi) is 11.2. The molecule has 0 fully saturated rings. The number of rotatable bonds is 15. The average Bonchev–Trinajstić information content (AvgIpc) is 2.88. The Balaban J connectivity index is 2.63. The van der Waals surface area contributed by atoms with E-state index in [1.165, 1.54) is 0 Å². The SMILES string of the molecule is CCCCC(CC)COC(=O)C(O)(C(OCC)OCC)C(O)(c1ccccc1)c1ccccc1. The van der Waals surface area contributed by atoms with Gasteiger partial charge in [0.25, 0.3) is 5.60 Å². The zero-order valence-corrected chi connectivity index (χ0v) is 20.9. The summed E-state index contributed by atoms with van der Waals surface area (Å²) in [5.74, 6) is -0.822. The fourth-order valence-electron chi connectivity index (χ4n) is 4.17. The van der Waals surface area contributed by atoms with Crippen LogP contribution in [-0.4, -0.2) is 47.9 Å². The van der Waals surface area contributed by atoms with Gasteiger partial charge in [0.15, 0.2) is 5.60 Å². The summed E-state index contributed by atoms with van der Waals surface area (Å²) in [5.41, 5.74) is -4.14. The second-order valence-electron chi connectivity index (χ2n) is 8.47. The van der Waals surface area contributed by atoms with Gasteiger partial charge in [0.05, 0.1) is 6.61 Å². The van der Waals surface area contributed by atoms with E-state index in [2.05, 4.69) is 6.92 Å². The fraction of sp³-hybridized carbons (Fsp3) is 0.536. The predicted molar refractivity (Wildman–Crippen MR) is 132 cm³/mol. The maximum atomic E-state index is 13.8. The van der Waals surface area contributed by atoms with Crippen LogP contribution < -0.4 is 0 Å². The molecule has 0 aliphatic heterocycles. The molecule has 0 aliphatic carbocycles. The molecule has 6 nitrogen and oxygen atoms in total. The third-order valence-corrected chi connectivity index (χ3v) is 6.22. The van der Waals surface area contributed by atoms with Crippen LogP contribution in [0.15, 0.2) is 60.7 Å². The summed E-state index contributed by atoms with van der Waals surface area (Å²) in [5, 5.41) is 24.5. The number of aliphatic hydroxyl groups is 2. The smallest absolute Gasteiger partial charge is 0.347 e. The van der Waals surface area contributed by atoms with E-state index in [0.29, 0.717) is 11.1 Å². The summed E-state index contributed by atoms with van der Waals surface area (Å²) < 4.78 is 17.2. The molecule has 188 valence electrons. The zero-order valence-electron chi connectivity index (χ0n) is 20.9. The second kappa shape index (κ2) is 13.6. The summed E-state index contributed by atoms with van der Waals surface area (Å²) >= 11 is 0. The highest BCUT2D eigenvalue weighted by Crippen LogP contribution is 2.43. The van der Waals surface area contributed by atoms with E-state index in [-0.39, 0.29) is 25.7 Å². The molecule has 0 bridgehead atoms. The highest BCUT2D eigenvalue weighted by Gasteiger charge is 2.64. The molecule has 0 heterocycles. The number of unbranched alkanes of at least 4 members (excludes halogenated alkanes) is 1. The Morgan fingerprint density at radius 1 is 0.853 bits per heavy atom. The Morgan fingerprint density at radius 2 is 1.35 bits per heavy atom. The summed E-state index contributed by atoms with van der Waals surface area (Å²) in [4.78, 5) is 13.8. The number of hydrogen-bond acceptors (Lipinski definition) is 6. The van der Waals surface area contributed by atoms with Crippen molar-refractivity contribution in [2.45, 2.75) is 70.9 Å². The third-order valence-electron chi connectivity index (χ3n) is 6.22. The molecule has 0 aromatic heterocycles. The highest BCUT2D eigenvalue weighted by molar-refractivity contribution is 5.83. The van der Waals surface area contributed by atoms with Crippen molar-refractivity contribution in [3.63, 3.8) is 0 Å². The number of ether oxygens (including phenoxy) is 3. The van der Waals surface area contributed by atoms with Crippen LogP contribution in [0.1, 0.15) is 64.5 Å². The van der Waals surface area contributed by atoms with Crippen LogP contribution >= 0.6 is 0 Å². The highest BCUT2D eigenvalue weighted by atomic mass is 16.7. The molecule has 0 amide bonds. The summed E-state index contributed by atoms with van der Waals surface area (Å²) in [6.07, 6.45) is 2.37. The van der Waals surface area contributed by atoms with E-state index in [1.54, 1.807) is 74.5 Å². The van der Waals surface area contributed by atoms with Gasteiger partial charge >= 0.3 is 5.97 Å². The quantitative estimate of drug-likeness (QED) is 0.286. The van der Waals surface area contributed by atoms with Gasteiger partial charge in [0.1, 0.15) is 0 Å². The number of carbonyl (C=O) groups excluding carboxylic acids is 1. The first-order chi connectivity index (χ1) is 16.4. The van der Waals surface area contributed by atoms with Crippen molar-refractivity contribution in [3.05, 3.63) is 71.8 Å². The Labute approximate surface area is 203 Å². The number of hydrogen-bond donors (Lipinski definition) is 2. The lowest BCUT2D eigenvalue weighted by molar-refractivity contribution is -0.284. The van der Waals surface area contributed by atoms with E-state index in [4.69, 9.17) is 14.2 Å². The molecule has 0 saturated heterocycles. The topological polar surface area (TPSA) is 85.2 Å². The molecule has 0 saturated carbocycles. The zero-order chi connectivity index (χ0) is 25.0. The molecule has 2 N–H and O–H groups in total. The third kappa shape index (κ3) is 6.05. The molecule has 34 heavy (non-hydrogen) atoms. The molecule has 2 aromatic rings. The van der Waals surface area contributed by atoms with Crippen molar-refractivity contribution in [3.8, 4) is 0 Å². The predicted octanol–water partition coefficient (Wildman–Crippen LogP) is 4.81. The molecule has 6 heteroatoms. The molecule has 0 radical (unpaired) electrons. The van der Waals surface area contributed by atoms with E-state index < -0.39 is 23.5 Å². The molecule has 2 rings (SSSR count). The molecule has 0 aliphatic rings. The standard InChI is InChI=1S/C28H40O6/c1-5-9-16-22(6-2)21-34-25(29)28(31,26(32-7-3)33-8-4)27(30,23-17-12-10-13-18-23)24-19-14-11-15-20-24/h10-15,17-20,22,26,30-31H,5-9,16,21H2,1-4H3. The fourth-order valence-corrected chi connectivity index (χ4v) is 4.17. The van der Waals surface area contributed by atoms with Crippen LogP contribution in [0.25, 0.3) is 0 Å². The monoisotopic (exact) mass is 472 g/mol. The van der Waals surface area contributed by atoms with Crippen LogP contribution in [-0.2, 0) is 24.6 Å². The van der Waals surface area contributed by atoms with Crippen LogP contribution in [0.5, 0.6) is 0 Å². The first-order valence-corrected chi connectivity index (χ1v) is 12.4. The molecular formula is C28H40O6. The lowest BCUT2D eigenvalue weighted by Crippen LogP contribution is -2.66. The van der Waals surface area contributed by atoms with E-state index in [1.807, 2.05) is 6.92 Å². The number of esters is 1. The minimum atomic E-state index is -2.58. The first-order valence-electron chi connectivity index (χ1n) is 12.4. The van der Waals surface area contributed by atoms with E-state index in [0.717, 1.165) is 25.7 Å². The molecular weight excluding hydrogens is 432 g/mol. The van der Waals surface area contributed by atoms with E-state index in [9.17, 15) is 15.0 Å². The minimum absolute atomic E-state index is 0.141. The average molecular weight is 473 g/mol. The number of carbonyl (C=O) groups is 1. The maximum absolute atomic E-state index is 13.8. The van der Waals surface area contributed by atoms with Crippen LogP contribution in [0.3, 0.4) is 0 Å². The maximum Gasteiger partial charge on any atom is 0.347 e. The second-order valence-corrected chi connectivity index (χ2v) is 8.47. The van der Waals surface area contributed by atoms with Crippen molar-refractivity contribution in [2.24, 2.45) is 5.92 Å².